The summed E-state index contributed by atoms with van der Waals surface area (Å²) in [5, 5.41) is 4.13. The van der Waals surface area contributed by atoms with Crippen LogP contribution in [0, 0.1) is 12.7 Å². The fourth-order valence-electron chi connectivity index (χ4n) is 3.40. The normalized spacial score (nSPS) is 17.6. The van der Waals surface area contributed by atoms with Crippen LogP contribution >= 0.6 is 0 Å². The molecule has 1 saturated heterocycles. The summed E-state index contributed by atoms with van der Waals surface area (Å²) >= 11 is 0. The number of anilines is 1. The molecule has 0 radical (unpaired) electrons. The molecule has 4 heterocycles. The molecular formula is C17H15F4N5O3S. The van der Waals surface area contributed by atoms with Gasteiger partial charge in [0, 0.05) is 23.9 Å². The molecule has 0 aromatic carbocycles. The molecule has 1 unspecified atom stereocenters. The van der Waals surface area contributed by atoms with Crippen LogP contribution in [-0.2, 0) is 10.1 Å². The topological polar surface area (TPSA) is 89.7 Å². The lowest BCUT2D eigenvalue weighted by atomic mass is 10.1. The van der Waals surface area contributed by atoms with Crippen LogP contribution in [0.3, 0.4) is 0 Å². The Morgan fingerprint density at radius 1 is 1.27 bits per heavy atom. The van der Waals surface area contributed by atoms with Crippen LogP contribution in [0.15, 0.2) is 30.7 Å². The molecule has 3 aromatic rings. The van der Waals surface area contributed by atoms with Crippen LogP contribution in [0.2, 0.25) is 0 Å². The Kier molecular flexibility index (Phi) is 4.79. The highest BCUT2D eigenvalue weighted by Gasteiger charge is 2.49. The molecule has 8 nitrogen and oxygen atoms in total. The second kappa shape index (κ2) is 7.07. The zero-order chi connectivity index (χ0) is 21.7. The van der Waals surface area contributed by atoms with Crippen molar-refractivity contribution in [2.75, 3.05) is 11.4 Å². The van der Waals surface area contributed by atoms with Crippen molar-refractivity contribution in [1.82, 2.24) is 19.6 Å². The fourth-order valence-corrected chi connectivity index (χ4v) is 3.84. The molecule has 3 aromatic heterocycles. The Hall–Kier alpha value is -2.96. The van der Waals surface area contributed by atoms with Crippen LogP contribution < -0.4 is 9.08 Å². The molecule has 1 atom stereocenters. The first kappa shape index (κ1) is 20.3. The highest BCUT2D eigenvalue weighted by atomic mass is 32.2. The average Bonchev–Trinajstić information content (AvgIpc) is 3.29. The smallest absolute Gasteiger partial charge is 0.355 e. The Labute approximate surface area is 168 Å². The molecule has 1 aliphatic heterocycles. The zero-order valence-corrected chi connectivity index (χ0v) is 16.3. The second-order valence-corrected chi connectivity index (χ2v) is 8.30. The SMILES string of the molecule is Cc1cnn2ccc(N3CCCC3c3cc(F)cnc3OS(=O)(=O)C(F)(F)F)nc12. The van der Waals surface area contributed by atoms with Gasteiger partial charge >= 0.3 is 15.6 Å². The lowest BCUT2D eigenvalue weighted by Gasteiger charge is -2.27. The molecular weight excluding hydrogens is 430 g/mol. The molecule has 0 aliphatic carbocycles. The lowest BCUT2D eigenvalue weighted by molar-refractivity contribution is -0.0501. The summed E-state index contributed by atoms with van der Waals surface area (Å²) in [5.74, 6) is -1.15. The van der Waals surface area contributed by atoms with Crippen molar-refractivity contribution in [3.05, 3.63) is 47.7 Å². The van der Waals surface area contributed by atoms with E-state index in [-0.39, 0.29) is 5.56 Å². The van der Waals surface area contributed by atoms with E-state index in [1.807, 2.05) is 6.92 Å². The summed E-state index contributed by atoms with van der Waals surface area (Å²) in [6, 6.07) is 1.92. The Balaban J connectivity index is 1.75. The standard InChI is InChI=1S/C17H15F4N5O3S/c1-10-8-23-26-6-4-14(24-15(10)26)25-5-2-3-13(25)12-7-11(18)9-22-16(12)29-30(27,28)17(19,20)21/h4,6-9,13H,2-3,5H2,1H3. The van der Waals surface area contributed by atoms with E-state index >= 15 is 0 Å². The van der Waals surface area contributed by atoms with E-state index in [1.54, 1.807) is 27.9 Å². The minimum atomic E-state index is -5.96. The molecule has 13 heteroatoms. The second-order valence-electron chi connectivity index (χ2n) is 6.76. The number of aromatic nitrogens is 4. The molecule has 1 aliphatic rings. The number of hydrogen-bond acceptors (Lipinski definition) is 7. The monoisotopic (exact) mass is 445 g/mol. The van der Waals surface area contributed by atoms with E-state index in [0.717, 1.165) is 11.6 Å². The summed E-state index contributed by atoms with van der Waals surface area (Å²) in [5.41, 5.74) is -4.33. The van der Waals surface area contributed by atoms with Crippen LogP contribution in [0.25, 0.3) is 5.65 Å². The van der Waals surface area contributed by atoms with Gasteiger partial charge in [-0.1, -0.05) is 0 Å². The van der Waals surface area contributed by atoms with Gasteiger partial charge in [-0.15, -0.1) is 0 Å². The first-order valence-corrected chi connectivity index (χ1v) is 10.2. The fraction of sp³-hybridized carbons (Fsp3) is 0.353. The Bertz CT molecular complexity index is 1210. The Morgan fingerprint density at radius 2 is 2.03 bits per heavy atom. The maximum atomic E-state index is 13.9. The molecule has 4 rings (SSSR count). The van der Waals surface area contributed by atoms with Gasteiger partial charge in [0.15, 0.2) is 5.65 Å². The van der Waals surface area contributed by atoms with Crippen LogP contribution in [0.5, 0.6) is 5.88 Å². The number of rotatable bonds is 4. The van der Waals surface area contributed by atoms with Crippen LogP contribution in [0.1, 0.15) is 30.0 Å². The first-order chi connectivity index (χ1) is 14.1. The largest absolute Gasteiger partial charge is 0.534 e. The minimum absolute atomic E-state index is 0.104. The summed E-state index contributed by atoms with van der Waals surface area (Å²) in [7, 11) is -5.96. The van der Waals surface area contributed by atoms with Gasteiger partial charge in [0.25, 0.3) is 0 Å². The third-order valence-corrected chi connectivity index (χ3v) is 5.70. The van der Waals surface area contributed by atoms with E-state index in [9.17, 15) is 26.0 Å². The molecule has 1 fully saturated rings. The van der Waals surface area contributed by atoms with Gasteiger partial charge in [0.05, 0.1) is 18.4 Å². The maximum absolute atomic E-state index is 13.9. The predicted octanol–water partition coefficient (Wildman–Crippen LogP) is 3.14. The van der Waals surface area contributed by atoms with Crippen molar-refractivity contribution < 1.29 is 30.2 Å². The average molecular weight is 445 g/mol. The van der Waals surface area contributed by atoms with Crippen LogP contribution in [-0.4, -0.2) is 40.1 Å². The molecule has 0 amide bonds. The minimum Gasteiger partial charge on any atom is -0.355 e. The Morgan fingerprint density at radius 3 is 2.77 bits per heavy atom. The molecule has 0 saturated carbocycles. The molecule has 30 heavy (non-hydrogen) atoms. The maximum Gasteiger partial charge on any atom is 0.534 e. The van der Waals surface area contributed by atoms with Crippen molar-refractivity contribution in [2.45, 2.75) is 31.3 Å². The molecule has 0 bridgehead atoms. The molecule has 0 spiro atoms. The first-order valence-electron chi connectivity index (χ1n) is 8.80. The van der Waals surface area contributed by atoms with Crippen molar-refractivity contribution in [3.63, 3.8) is 0 Å². The predicted molar refractivity (Wildman–Crippen MR) is 96.8 cm³/mol. The number of halogens is 4. The van der Waals surface area contributed by atoms with Crippen molar-refractivity contribution in [3.8, 4) is 5.88 Å². The third kappa shape index (κ3) is 3.53. The quantitative estimate of drug-likeness (QED) is 0.346. The van der Waals surface area contributed by atoms with Crippen molar-refractivity contribution in [2.24, 2.45) is 0 Å². The van der Waals surface area contributed by atoms with E-state index in [2.05, 4.69) is 19.2 Å². The van der Waals surface area contributed by atoms with Gasteiger partial charge < -0.3 is 9.08 Å². The van der Waals surface area contributed by atoms with Gasteiger partial charge in [-0.25, -0.2) is 18.9 Å². The number of nitrogens with zero attached hydrogens (tertiary/aromatic N) is 5. The van der Waals surface area contributed by atoms with Gasteiger partial charge in [-0.3, -0.25) is 0 Å². The number of fused-ring (bicyclic) bond motifs is 1. The summed E-state index contributed by atoms with van der Waals surface area (Å²) in [4.78, 5) is 9.75. The van der Waals surface area contributed by atoms with Crippen molar-refractivity contribution >= 4 is 21.6 Å². The van der Waals surface area contributed by atoms with Gasteiger partial charge in [0.2, 0.25) is 5.88 Å². The zero-order valence-electron chi connectivity index (χ0n) is 15.5. The lowest BCUT2D eigenvalue weighted by Crippen LogP contribution is -2.30. The van der Waals surface area contributed by atoms with Crippen LogP contribution in [0.4, 0.5) is 23.4 Å². The number of alkyl halides is 3. The van der Waals surface area contributed by atoms with E-state index in [1.165, 1.54) is 0 Å². The van der Waals surface area contributed by atoms with E-state index in [0.29, 0.717) is 37.0 Å². The highest BCUT2D eigenvalue weighted by Crippen LogP contribution is 2.40. The highest BCUT2D eigenvalue weighted by molar-refractivity contribution is 7.87. The third-order valence-electron chi connectivity index (χ3n) is 4.75. The summed E-state index contributed by atoms with van der Waals surface area (Å²) < 4.78 is 80.9. The van der Waals surface area contributed by atoms with Gasteiger partial charge in [-0.2, -0.15) is 26.7 Å². The summed E-state index contributed by atoms with van der Waals surface area (Å²) in [6.07, 6.45) is 4.95. The van der Waals surface area contributed by atoms with Gasteiger partial charge in [0.1, 0.15) is 11.6 Å². The molecule has 160 valence electrons. The van der Waals surface area contributed by atoms with E-state index < -0.39 is 33.4 Å². The number of hydrogen-bond donors (Lipinski definition) is 0. The van der Waals surface area contributed by atoms with Gasteiger partial charge in [-0.05, 0) is 31.9 Å². The summed E-state index contributed by atoms with van der Waals surface area (Å²) in [6.45, 7) is 2.30. The van der Waals surface area contributed by atoms with Crippen molar-refractivity contribution in [1.29, 1.82) is 0 Å². The molecule has 0 N–H and O–H groups in total. The number of aryl methyl sites for hydroxylation is 1. The number of pyridine rings is 1. The van der Waals surface area contributed by atoms with E-state index in [4.69, 9.17) is 0 Å².